The zero-order valence-electron chi connectivity index (χ0n) is 13.8. The van der Waals surface area contributed by atoms with Crippen LogP contribution in [0.5, 0.6) is 0 Å². The lowest BCUT2D eigenvalue weighted by molar-refractivity contribution is -0.124. The summed E-state index contributed by atoms with van der Waals surface area (Å²) in [6.07, 6.45) is 0.168. The summed E-state index contributed by atoms with van der Waals surface area (Å²) >= 11 is 5.82. The van der Waals surface area contributed by atoms with Crippen molar-refractivity contribution in [3.05, 3.63) is 34.9 Å². The largest absolute Gasteiger partial charge is 0.388 e. The summed E-state index contributed by atoms with van der Waals surface area (Å²) in [6, 6.07) is 7.01. The predicted molar refractivity (Wildman–Crippen MR) is 91.0 cm³/mol. The van der Waals surface area contributed by atoms with Crippen LogP contribution in [0.4, 0.5) is 0 Å². The number of hydrogen-bond acceptors (Lipinski definition) is 3. The Morgan fingerprint density at radius 2 is 1.86 bits per heavy atom. The first-order valence-electron chi connectivity index (χ1n) is 7.65. The van der Waals surface area contributed by atoms with Gasteiger partial charge in [-0.3, -0.25) is 4.79 Å². The maximum absolute atomic E-state index is 12.2. The maximum Gasteiger partial charge on any atom is 0.223 e. The van der Waals surface area contributed by atoms with Crippen LogP contribution < -0.4 is 5.32 Å². The normalized spacial score (nSPS) is 14.2. The molecule has 0 bridgehead atoms. The molecule has 124 valence electrons. The van der Waals surface area contributed by atoms with Gasteiger partial charge in [-0.05, 0) is 44.1 Å². The first-order chi connectivity index (χ1) is 10.3. The molecule has 2 N–H and O–H groups in total. The summed E-state index contributed by atoms with van der Waals surface area (Å²) in [5.41, 5.74) is 0.701. The molecule has 0 aromatic heterocycles. The molecule has 1 aromatic rings. The third-order valence-corrected chi connectivity index (χ3v) is 3.59. The summed E-state index contributed by atoms with van der Waals surface area (Å²) in [6.45, 7) is 5.07. The fraction of sp³-hybridized carbons (Fsp3) is 0.588. The van der Waals surface area contributed by atoms with Crippen LogP contribution in [-0.2, 0) is 4.79 Å². The Kier molecular flexibility index (Phi) is 7.87. The first-order valence-corrected chi connectivity index (χ1v) is 8.03. The van der Waals surface area contributed by atoms with Crippen LogP contribution in [0.1, 0.15) is 38.4 Å². The van der Waals surface area contributed by atoms with Crippen molar-refractivity contribution in [2.75, 3.05) is 20.6 Å². The van der Waals surface area contributed by atoms with Gasteiger partial charge in [-0.15, -0.1) is 0 Å². The van der Waals surface area contributed by atoms with Crippen molar-refractivity contribution in [1.29, 1.82) is 0 Å². The molecule has 0 aliphatic heterocycles. The van der Waals surface area contributed by atoms with Crippen molar-refractivity contribution in [2.24, 2.45) is 5.92 Å². The van der Waals surface area contributed by atoms with Crippen molar-refractivity contribution in [1.82, 2.24) is 10.2 Å². The Labute approximate surface area is 138 Å². The summed E-state index contributed by atoms with van der Waals surface area (Å²) in [5.74, 6) is 0.376. The topological polar surface area (TPSA) is 52.6 Å². The van der Waals surface area contributed by atoms with Gasteiger partial charge in [-0.2, -0.15) is 0 Å². The standard InChI is InChI=1S/C17H27ClN2O2/c1-12(2)9-15(11-20(3)4)19-17(22)10-16(21)13-5-7-14(18)8-6-13/h5-8,12,15-16,21H,9-11H2,1-4H3,(H,19,22). The molecule has 2 unspecified atom stereocenters. The Morgan fingerprint density at radius 3 is 2.36 bits per heavy atom. The minimum absolute atomic E-state index is 0.0592. The van der Waals surface area contributed by atoms with Crippen molar-refractivity contribution >= 4 is 17.5 Å². The molecular weight excluding hydrogens is 300 g/mol. The molecule has 5 heteroatoms. The van der Waals surface area contributed by atoms with E-state index in [1.165, 1.54) is 0 Å². The van der Waals surface area contributed by atoms with E-state index in [-0.39, 0.29) is 18.4 Å². The van der Waals surface area contributed by atoms with Crippen molar-refractivity contribution in [2.45, 2.75) is 38.8 Å². The fourth-order valence-electron chi connectivity index (χ4n) is 2.45. The lowest BCUT2D eigenvalue weighted by Gasteiger charge is -2.24. The van der Waals surface area contributed by atoms with Gasteiger partial charge in [0, 0.05) is 17.6 Å². The Balaban J connectivity index is 2.56. The number of carbonyl (C=O) groups excluding carboxylic acids is 1. The number of rotatable bonds is 8. The Hall–Kier alpha value is -1.10. The summed E-state index contributed by atoms with van der Waals surface area (Å²) in [5, 5.41) is 13.8. The van der Waals surface area contributed by atoms with Gasteiger partial charge < -0.3 is 15.3 Å². The molecule has 0 fully saturated rings. The molecule has 0 aliphatic rings. The highest BCUT2D eigenvalue weighted by Crippen LogP contribution is 2.19. The minimum atomic E-state index is -0.809. The van der Waals surface area contributed by atoms with Gasteiger partial charge >= 0.3 is 0 Å². The quantitative estimate of drug-likeness (QED) is 0.772. The molecule has 1 rings (SSSR count). The lowest BCUT2D eigenvalue weighted by atomic mass is 10.0. The second-order valence-electron chi connectivity index (χ2n) is 6.43. The predicted octanol–water partition coefficient (Wildman–Crippen LogP) is 2.86. The summed E-state index contributed by atoms with van der Waals surface area (Å²) in [7, 11) is 3.98. The smallest absolute Gasteiger partial charge is 0.223 e. The van der Waals surface area contributed by atoms with Gasteiger partial charge in [0.25, 0.3) is 0 Å². The number of hydrogen-bond donors (Lipinski definition) is 2. The highest BCUT2D eigenvalue weighted by atomic mass is 35.5. The minimum Gasteiger partial charge on any atom is -0.388 e. The van der Waals surface area contributed by atoms with Crippen molar-refractivity contribution < 1.29 is 9.90 Å². The molecule has 2 atom stereocenters. The van der Waals surface area contributed by atoms with Gasteiger partial charge in [0.2, 0.25) is 5.91 Å². The van der Waals surface area contributed by atoms with Crippen molar-refractivity contribution in [3.63, 3.8) is 0 Å². The van der Waals surface area contributed by atoms with E-state index < -0.39 is 6.10 Å². The van der Waals surface area contributed by atoms with E-state index in [2.05, 4.69) is 24.1 Å². The lowest BCUT2D eigenvalue weighted by Crippen LogP contribution is -2.42. The zero-order valence-corrected chi connectivity index (χ0v) is 14.6. The number of aliphatic hydroxyl groups excluding tert-OH is 1. The maximum atomic E-state index is 12.2. The fourth-order valence-corrected chi connectivity index (χ4v) is 2.58. The van der Waals surface area contributed by atoms with E-state index in [4.69, 9.17) is 11.6 Å². The van der Waals surface area contributed by atoms with E-state index >= 15 is 0 Å². The number of aliphatic hydroxyl groups is 1. The van der Waals surface area contributed by atoms with Gasteiger partial charge in [0.15, 0.2) is 0 Å². The third-order valence-electron chi connectivity index (χ3n) is 3.34. The number of likely N-dealkylation sites (N-methyl/N-ethyl adjacent to an activating group) is 1. The zero-order chi connectivity index (χ0) is 16.7. The first kappa shape index (κ1) is 18.9. The van der Waals surface area contributed by atoms with E-state index in [1.807, 2.05) is 14.1 Å². The molecule has 0 radical (unpaired) electrons. The monoisotopic (exact) mass is 326 g/mol. The third kappa shape index (κ3) is 7.25. The van der Waals surface area contributed by atoms with Crippen LogP contribution >= 0.6 is 11.6 Å². The molecular formula is C17H27ClN2O2. The van der Waals surface area contributed by atoms with Crippen LogP contribution in [0.25, 0.3) is 0 Å². The van der Waals surface area contributed by atoms with Crippen LogP contribution in [0.2, 0.25) is 5.02 Å². The van der Waals surface area contributed by atoms with Gasteiger partial charge in [0.05, 0.1) is 12.5 Å². The van der Waals surface area contributed by atoms with E-state index in [0.717, 1.165) is 13.0 Å². The summed E-state index contributed by atoms with van der Waals surface area (Å²) in [4.78, 5) is 14.2. The second-order valence-corrected chi connectivity index (χ2v) is 6.86. The number of benzene rings is 1. The van der Waals surface area contributed by atoms with Crippen LogP contribution in [0.15, 0.2) is 24.3 Å². The number of carbonyl (C=O) groups is 1. The highest BCUT2D eigenvalue weighted by Gasteiger charge is 2.18. The molecule has 4 nitrogen and oxygen atoms in total. The highest BCUT2D eigenvalue weighted by molar-refractivity contribution is 6.30. The molecule has 22 heavy (non-hydrogen) atoms. The van der Waals surface area contributed by atoms with Crippen LogP contribution in [-0.4, -0.2) is 42.6 Å². The number of halogens is 1. The molecule has 1 aromatic carbocycles. The number of nitrogens with zero attached hydrogens (tertiary/aromatic N) is 1. The van der Waals surface area contributed by atoms with Crippen LogP contribution in [0, 0.1) is 5.92 Å². The van der Waals surface area contributed by atoms with Gasteiger partial charge in [0.1, 0.15) is 0 Å². The average molecular weight is 327 g/mol. The average Bonchev–Trinajstić information content (AvgIpc) is 2.37. The molecule has 0 heterocycles. The SMILES string of the molecule is CC(C)CC(CN(C)C)NC(=O)CC(O)c1ccc(Cl)cc1. The molecule has 1 amide bonds. The molecule has 0 saturated heterocycles. The molecule has 0 saturated carbocycles. The van der Waals surface area contributed by atoms with E-state index in [9.17, 15) is 9.90 Å². The van der Waals surface area contributed by atoms with Gasteiger partial charge in [-0.25, -0.2) is 0 Å². The number of nitrogens with one attached hydrogen (secondary N) is 1. The van der Waals surface area contributed by atoms with Gasteiger partial charge in [-0.1, -0.05) is 37.6 Å². The second kappa shape index (κ2) is 9.13. The molecule has 0 aliphatic carbocycles. The number of amides is 1. The Morgan fingerprint density at radius 1 is 1.27 bits per heavy atom. The molecule has 0 spiro atoms. The van der Waals surface area contributed by atoms with E-state index in [0.29, 0.717) is 16.5 Å². The Bertz CT molecular complexity index is 450. The summed E-state index contributed by atoms with van der Waals surface area (Å²) < 4.78 is 0. The van der Waals surface area contributed by atoms with Crippen molar-refractivity contribution in [3.8, 4) is 0 Å². The van der Waals surface area contributed by atoms with E-state index in [1.54, 1.807) is 24.3 Å². The van der Waals surface area contributed by atoms with Crippen LogP contribution in [0.3, 0.4) is 0 Å².